The van der Waals surface area contributed by atoms with E-state index in [1.807, 2.05) is 0 Å². The summed E-state index contributed by atoms with van der Waals surface area (Å²) in [5.41, 5.74) is -0.279. The molecule has 0 aliphatic rings. The summed E-state index contributed by atoms with van der Waals surface area (Å²) in [6, 6.07) is 2.91. The molecule has 1 rings (SSSR count). The van der Waals surface area contributed by atoms with Gasteiger partial charge in [-0.2, -0.15) is 0 Å². The van der Waals surface area contributed by atoms with E-state index in [0.717, 1.165) is 6.07 Å². The number of methoxy groups -OCH3 is 2. The number of carbonyl (C=O) groups is 2. The lowest BCUT2D eigenvalue weighted by atomic mass is 10.1. The molecule has 0 saturated carbocycles. The second-order valence-electron chi connectivity index (χ2n) is 3.86. The highest BCUT2D eigenvalue weighted by Crippen LogP contribution is 2.27. The molecule has 0 aromatic heterocycles. The van der Waals surface area contributed by atoms with Gasteiger partial charge < -0.3 is 14.8 Å². The molecule has 0 bridgehead atoms. The van der Waals surface area contributed by atoms with Gasteiger partial charge in [0.05, 0.1) is 19.1 Å². The van der Waals surface area contributed by atoms with Crippen molar-refractivity contribution in [1.29, 1.82) is 0 Å². The van der Waals surface area contributed by atoms with E-state index in [1.54, 1.807) is 0 Å². The van der Waals surface area contributed by atoms with Crippen molar-refractivity contribution in [2.45, 2.75) is 13.0 Å². The van der Waals surface area contributed by atoms with E-state index in [9.17, 15) is 19.7 Å². The summed E-state index contributed by atoms with van der Waals surface area (Å²) in [7, 11) is 2.49. The Labute approximate surface area is 114 Å². The number of amides is 1. The molecule has 0 saturated heterocycles. The molecule has 0 aliphatic carbocycles. The first-order valence-electron chi connectivity index (χ1n) is 5.61. The zero-order valence-corrected chi connectivity index (χ0v) is 11.2. The van der Waals surface area contributed by atoms with E-state index in [-0.39, 0.29) is 17.0 Å². The zero-order chi connectivity index (χ0) is 15.3. The van der Waals surface area contributed by atoms with Gasteiger partial charge in [-0.1, -0.05) is 0 Å². The third-order valence-corrected chi connectivity index (χ3v) is 2.54. The molecule has 0 spiro atoms. The lowest BCUT2D eigenvalue weighted by molar-refractivity contribution is -0.385. The fourth-order valence-corrected chi connectivity index (χ4v) is 1.49. The molecule has 108 valence electrons. The van der Waals surface area contributed by atoms with Crippen LogP contribution >= 0.6 is 0 Å². The number of nitrogens with one attached hydrogen (secondary N) is 1. The number of nitrogens with zero attached hydrogens (tertiary/aromatic N) is 1. The van der Waals surface area contributed by atoms with Crippen LogP contribution in [0.5, 0.6) is 5.75 Å². The Morgan fingerprint density at radius 3 is 2.50 bits per heavy atom. The van der Waals surface area contributed by atoms with Crippen LogP contribution in [-0.2, 0) is 9.53 Å². The minimum atomic E-state index is -0.853. The van der Waals surface area contributed by atoms with Crippen LogP contribution in [0, 0.1) is 10.1 Å². The normalized spacial score (nSPS) is 11.3. The quantitative estimate of drug-likeness (QED) is 0.488. The predicted octanol–water partition coefficient (Wildman–Crippen LogP) is 0.895. The summed E-state index contributed by atoms with van der Waals surface area (Å²) in [5.74, 6) is -1.18. The van der Waals surface area contributed by atoms with Crippen LogP contribution < -0.4 is 10.1 Å². The highest BCUT2D eigenvalue weighted by molar-refractivity contribution is 5.97. The smallest absolute Gasteiger partial charge is 0.328 e. The molecule has 20 heavy (non-hydrogen) atoms. The van der Waals surface area contributed by atoms with Crippen molar-refractivity contribution in [2.24, 2.45) is 0 Å². The third kappa shape index (κ3) is 3.44. The molecule has 0 heterocycles. The van der Waals surface area contributed by atoms with Gasteiger partial charge >= 0.3 is 11.7 Å². The minimum Gasteiger partial charge on any atom is -0.490 e. The van der Waals surface area contributed by atoms with Crippen molar-refractivity contribution >= 4 is 17.6 Å². The Kier molecular flexibility index (Phi) is 5.01. The molecule has 0 aliphatic heterocycles. The monoisotopic (exact) mass is 282 g/mol. The first kappa shape index (κ1) is 15.4. The number of esters is 1. The Morgan fingerprint density at radius 1 is 1.35 bits per heavy atom. The lowest BCUT2D eigenvalue weighted by Gasteiger charge is -2.11. The Balaban J connectivity index is 2.97. The van der Waals surface area contributed by atoms with Crippen LogP contribution in [0.15, 0.2) is 18.2 Å². The number of nitro benzene ring substituents is 1. The number of ether oxygens (including phenoxy) is 2. The molecule has 1 aromatic carbocycles. The number of nitro groups is 1. The average Bonchev–Trinajstić information content (AvgIpc) is 2.45. The van der Waals surface area contributed by atoms with Gasteiger partial charge in [-0.15, -0.1) is 0 Å². The minimum absolute atomic E-state index is 0.0487. The molecule has 0 fully saturated rings. The summed E-state index contributed by atoms with van der Waals surface area (Å²) in [4.78, 5) is 33.3. The van der Waals surface area contributed by atoms with Crippen LogP contribution in [-0.4, -0.2) is 37.1 Å². The van der Waals surface area contributed by atoms with Gasteiger partial charge in [0.2, 0.25) is 0 Å². The fraction of sp³-hybridized carbons (Fsp3) is 0.333. The summed E-state index contributed by atoms with van der Waals surface area (Å²) < 4.78 is 9.30. The molecule has 1 N–H and O–H groups in total. The second-order valence-corrected chi connectivity index (χ2v) is 3.86. The van der Waals surface area contributed by atoms with Crippen LogP contribution in [0.2, 0.25) is 0 Å². The van der Waals surface area contributed by atoms with E-state index in [4.69, 9.17) is 4.74 Å². The van der Waals surface area contributed by atoms with Crippen LogP contribution in [0.3, 0.4) is 0 Å². The van der Waals surface area contributed by atoms with Gasteiger partial charge in [0.15, 0.2) is 5.75 Å². The van der Waals surface area contributed by atoms with Crippen LogP contribution in [0.25, 0.3) is 0 Å². The highest BCUT2D eigenvalue weighted by Gasteiger charge is 2.21. The topological polar surface area (TPSA) is 108 Å². The molecule has 1 unspecified atom stereocenters. The summed E-state index contributed by atoms with van der Waals surface area (Å²) in [5, 5.41) is 13.2. The van der Waals surface area contributed by atoms with E-state index in [1.165, 1.54) is 33.3 Å². The summed E-state index contributed by atoms with van der Waals surface area (Å²) in [6.07, 6.45) is 0. The largest absolute Gasteiger partial charge is 0.490 e. The molecule has 0 radical (unpaired) electrons. The number of carbonyl (C=O) groups excluding carboxylic acids is 2. The molecular weight excluding hydrogens is 268 g/mol. The predicted molar refractivity (Wildman–Crippen MR) is 68.6 cm³/mol. The van der Waals surface area contributed by atoms with Crippen molar-refractivity contribution in [1.82, 2.24) is 5.32 Å². The molecule has 1 atom stereocenters. The lowest BCUT2D eigenvalue weighted by Crippen LogP contribution is -2.39. The average molecular weight is 282 g/mol. The van der Waals surface area contributed by atoms with Crippen molar-refractivity contribution in [3.8, 4) is 5.75 Å². The Morgan fingerprint density at radius 2 is 2.00 bits per heavy atom. The van der Waals surface area contributed by atoms with Gasteiger partial charge in [-0.3, -0.25) is 14.9 Å². The summed E-state index contributed by atoms with van der Waals surface area (Å²) >= 11 is 0. The van der Waals surface area contributed by atoms with Gasteiger partial charge in [0.1, 0.15) is 6.04 Å². The van der Waals surface area contributed by atoms with E-state index < -0.39 is 22.8 Å². The Hall–Kier alpha value is -2.64. The molecule has 8 heteroatoms. The van der Waals surface area contributed by atoms with Crippen LogP contribution in [0.4, 0.5) is 5.69 Å². The van der Waals surface area contributed by atoms with E-state index >= 15 is 0 Å². The number of hydrogen-bond acceptors (Lipinski definition) is 6. The van der Waals surface area contributed by atoms with Crippen LogP contribution in [0.1, 0.15) is 17.3 Å². The number of rotatable bonds is 5. The van der Waals surface area contributed by atoms with Crippen molar-refractivity contribution in [3.05, 3.63) is 33.9 Å². The standard InChI is InChI=1S/C12H14N2O6/c1-7(12(16)20-3)13-11(15)8-4-5-10(19-2)9(6-8)14(17)18/h4-7H,1-3H3,(H,13,15). The van der Waals surface area contributed by atoms with Crippen molar-refractivity contribution < 1.29 is 24.0 Å². The van der Waals surface area contributed by atoms with Crippen molar-refractivity contribution in [2.75, 3.05) is 14.2 Å². The molecular formula is C12H14N2O6. The number of benzene rings is 1. The first-order valence-corrected chi connectivity index (χ1v) is 5.61. The van der Waals surface area contributed by atoms with Crippen molar-refractivity contribution in [3.63, 3.8) is 0 Å². The first-order chi connectivity index (χ1) is 9.40. The molecule has 1 aromatic rings. The SMILES string of the molecule is COC(=O)C(C)NC(=O)c1ccc(OC)c([N+](=O)[O-])c1. The fourth-order valence-electron chi connectivity index (χ4n) is 1.49. The van der Waals surface area contributed by atoms with Gasteiger partial charge in [0.25, 0.3) is 5.91 Å². The van der Waals surface area contributed by atoms with Gasteiger partial charge in [-0.05, 0) is 19.1 Å². The summed E-state index contributed by atoms with van der Waals surface area (Å²) in [6.45, 7) is 1.45. The zero-order valence-electron chi connectivity index (χ0n) is 11.2. The van der Waals surface area contributed by atoms with E-state index in [0.29, 0.717) is 0 Å². The maximum absolute atomic E-state index is 11.9. The van der Waals surface area contributed by atoms with E-state index in [2.05, 4.69) is 10.1 Å². The van der Waals surface area contributed by atoms with Gasteiger partial charge in [-0.25, -0.2) is 4.79 Å². The molecule has 1 amide bonds. The maximum Gasteiger partial charge on any atom is 0.328 e. The van der Waals surface area contributed by atoms with Gasteiger partial charge in [0, 0.05) is 11.6 Å². The Bertz CT molecular complexity index is 543. The second kappa shape index (κ2) is 6.50. The molecule has 8 nitrogen and oxygen atoms in total. The highest BCUT2D eigenvalue weighted by atomic mass is 16.6. The maximum atomic E-state index is 11.9. The number of hydrogen-bond donors (Lipinski definition) is 1. The third-order valence-electron chi connectivity index (χ3n) is 2.54.